The minimum atomic E-state index is -0.316. The van der Waals surface area contributed by atoms with Crippen molar-refractivity contribution < 1.29 is 14.7 Å². The first-order valence-electron chi connectivity index (χ1n) is 7.31. The molecular formula is C15H22N4O3. The van der Waals surface area contributed by atoms with Gasteiger partial charge in [-0.05, 0) is 30.9 Å². The SMILES string of the molecule is CN(C)C(=O)NCC(=O)N[C@@H](c1ccccn1)C1CC(O)C1. The molecule has 1 aliphatic carbocycles. The molecule has 0 aromatic carbocycles. The minimum absolute atomic E-state index is 0.0877. The van der Waals surface area contributed by atoms with Crippen LogP contribution in [0, 0.1) is 5.92 Å². The summed E-state index contributed by atoms with van der Waals surface area (Å²) in [5.74, 6) is -0.106. The summed E-state index contributed by atoms with van der Waals surface area (Å²) in [6.45, 7) is -0.0877. The van der Waals surface area contributed by atoms with E-state index in [0.717, 1.165) is 5.69 Å². The molecule has 120 valence electrons. The number of hydrogen-bond donors (Lipinski definition) is 3. The van der Waals surface area contributed by atoms with Gasteiger partial charge < -0.3 is 20.6 Å². The molecule has 1 heterocycles. The molecule has 3 amide bonds. The van der Waals surface area contributed by atoms with E-state index < -0.39 is 0 Å². The fourth-order valence-electron chi connectivity index (χ4n) is 2.43. The highest BCUT2D eigenvalue weighted by atomic mass is 16.3. The number of hydrogen-bond acceptors (Lipinski definition) is 4. The van der Waals surface area contributed by atoms with E-state index in [1.807, 2.05) is 18.2 Å². The van der Waals surface area contributed by atoms with Crippen LogP contribution in [0.2, 0.25) is 0 Å². The van der Waals surface area contributed by atoms with E-state index in [1.54, 1.807) is 20.3 Å². The average Bonchev–Trinajstić information content (AvgIpc) is 2.48. The van der Waals surface area contributed by atoms with Gasteiger partial charge >= 0.3 is 6.03 Å². The van der Waals surface area contributed by atoms with Crippen LogP contribution in [-0.2, 0) is 4.79 Å². The van der Waals surface area contributed by atoms with Crippen LogP contribution in [0.1, 0.15) is 24.6 Å². The standard InChI is InChI=1S/C15H22N4O3/c1-19(2)15(22)17-9-13(21)18-14(10-7-11(20)8-10)12-5-3-4-6-16-12/h3-6,10-11,14,20H,7-9H2,1-2H3,(H,17,22)(H,18,21)/t10?,11?,14-/m1/s1. The predicted octanol–water partition coefficient (Wildman–Crippen LogP) is 0.281. The van der Waals surface area contributed by atoms with E-state index in [9.17, 15) is 14.7 Å². The Morgan fingerprint density at radius 3 is 2.68 bits per heavy atom. The second-order valence-electron chi connectivity index (χ2n) is 5.74. The molecule has 1 fully saturated rings. The van der Waals surface area contributed by atoms with E-state index in [-0.39, 0.29) is 36.5 Å². The number of aliphatic hydroxyl groups excluding tert-OH is 1. The molecule has 0 bridgehead atoms. The van der Waals surface area contributed by atoms with Crippen molar-refractivity contribution in [3.05, 3.63) is 30.1 Å². The number of nitrogens with one attached hydrogen (secondary N) is 2. The number of pyridine rings is 1. The van der Waals surface area contributed by atoms with E-state index in [4.69, 9.17) is 0 Å². The van der Waals surface area contributed by atoms with Gasteiger partial charge in [0.05, 0.1) is 24.4 Å². The molecule has 0 aliphatic heterocycles. The molecule has 0 spiro atoms. The zero-order valence-corrected chi connectivity index (χ0v) is 12.8. The monoisotopic (exact) mass is 306 g/mol. The summed E-state index contributed by atoms with van der Waals surface area (Å²) in [7, 11) is 3.22. The summed E-state index contributed by atoms with van der Waals surface area (Å²) in [6, 6.07) is 4.98. The van der Waals surface area contributed by atoms with Crippen LogP contribution in [0.3, 0.4) is 0 Å². The van der Waals surface area contributed by atoms with Crippen LogP contribution in [0.5, 0.6) is 0 Å². The lowest BCUT2D eigenvalue weighted by molar-refractivity contribution is -0.122. The number of aromatic nitrogens is 1. The third-order valence-corrected chi connectivity index (χ3v) is 3.75. The van der Waals surface area contributed by atoms with Gasteiger partial charge in [-0.25, -0.2) is 4.79 Å². The third-order valence-electron chi connectivity index (χ3n) is 3.75. The summed E-state index contributed by atoms with van der Waals surface area (Å²) in [5.41, 5.74) is 0.770. The van der Waals surface area contributed by atoms with Crippen molar-refractivity contribution in [2.45, 2.75) is 25.0 Å². The Morgan fingerprint density at radius 2 is 2.14 bits per heavy atom. The van der Waals surface area contributed by atoms with E-state index >= 15 is 0 Å². The molecule has 1 aliphatic rings. The molecule has 1 aromatic heterocycles. The Morgan fingerprint density at radius 1 is 1.41 bits per heavy atom. The fourth-order valence-corrected chi connectivity index (χ4v) is 2.43. The van der Waals surface area contributed by atoms with Crippen LogP contribution in [0.4, 0.5) is 4.79 Å². The molecule has 0 radical (unpaired) electrons. The molecule has 0 saturated heterocycles. The third kappa shape index (κ3) is 4.17. The first-order chi connectivity index (χ1) is 10.5. The molecule has 7 heteroatoms. The van der Waals surface area contributed by atoms with Crippen LogP contribution in [0.15, 0.2) is 24.4 Å². The number of carbonyl (C=O) groups excluding carboxylic acids is 2. The second-order valence-corrected chi connectivity index (χ2v) is 5.74. The molecule has 1 saturated carbocycles. The van der Waals surface area contributed by atoms with Crippen LogP contribution < -0.4 is 10.6 Å². The van der Waals surface area contributed by atoms with E-state index in [2.05, 4.69) is 15.6 Å². The van der Waals surface area contributed by atoms with Gasteiger partial charge in [-0.2, -0.15) is 0 Å². The van der Waals surface area contributed by atoms with Gasteiger partial charge in [0.15, 0.2) is 0 Å². The maximum absolute atomic E-state index is 12.0. The zero-order chi connectivity index (χ0) is 16.1. The van der Waals surface area contributed by atoms with Gasteiger partial charge in [-0.1, -0.05) is 6.07 Å². The number of carbonyl (C=O) groups is 2. The first kappa shape index (κ1) is 16.2. The first-order valence-corrected chi connectivity index (χ1v) is 7.31. The van der Waals surface area contributed by atoms with Gasteiger partial charge in [-0.15, -0.1) is 0 Å². The molecule has 2 rings (SSSR count). The molecule has 1 aromatic rings. The number of nitrogens with zero attached hydrogens (tertiary/aromatic N) is 2. The molecule has 3 N–H and O–H groups in total. The summed E-state index contributed by atoms with van der Waals surface area (Å²) in [6.07, 6.45) is 2.66. The lowest BCUT2D eigenvalue weighted by Gasteiger charge is -2.37. The highest BCUT2D eigenvalue weighted by Gasteiger charge is 2.36. The Bertz CT molecular complexity index is 515. The van der Waals surface area contributed by atoms with E-state index in [0.29, 0.717) is 12.8 Å². The van der Waals surface area contributed by atoms with Gasteiger partial charge in [0.25, 0.3) is 0 Å². The molecule has 22 heavy (non-hydrogen) atoms. The highest BCUT2D eigenvalue weighted by molar-refractivity contribution is 5.84. The van der Waals surface area contributed by atoms with Crippen molar-refractivity contribution in [1.29, 1.82) is 0 Å². The van der Waals surface area contributed by atoms with Crippen molar-refractivity contribution in [1.82, 2.24) is 20.5 Å². The molecule has 7 nitrogen and oxygen atoms in total. The fraction of sp³-hybridized carbons (Fsp3) is 0.533. The van der Waals surface area contributed by atoms with E-state index in [1.165, 1.54) is 4.90 Å². The van der Waals surface area contributed by atoms with Crippen molar-refractivity contribution in [3.63, 3.8) is 0 Å². The Hall–Kier alpha value is -2.15. The zero-order valence-electron chi connectivity index (χ0n) is 12.8. The van der Waals surface area contributed by atoms with Crippen LogP contribution in [-0.4, -0.2) is 53.7 Å². The second kappa shape index (κ2) is 7.22. The topological polar surface area (TPSA) is 94.6 Å². The Labute approximate surface area is 129 Å². The van der Waals surface area contributed by atoms with Gasteiger partial charge in [0.1, 0.15) is 0 Å². The number of aliphatic hydroxyl groups is 1. The predicted molar refractivity (Wildman–Crippen MR) is 80.9 cm³/mol. The summed E-state index contributed by atoms with van der Waals surface area (Å²) in [5, 5.41) is 14.9. The van der Waals surface area contributed by atoms with Gasteiger partial charge in [0.2, 0.25) is 5.91 Å². The maximum Gasteiger partial charge on any atom is 0.317 e. The van der Waals surface area contributed by atoms with Gasteiger partial charge in [-0.3, -0.25) is 9.78 Å². The highest BCUT2D eigenvalue weighted by Crippen LogP contribution is 2.37. The number of rotatable bonds is 5. The minimum Gasteiger partial charge on any atom is -0.393 e. The number of urea groups is 1. The Kier molecular flexibility index (Phi) is 5.32. The molecule has 0 unspecified atom stereocenters. The smallest absolute Gasteiger partial charge is 0.317 e. The lowest BCUT2D eigenvalue weighted by atomic mass is 9.76. The van der Waals surface area contributed by atoms with Crippen molar-refractivity contribution in [2.24, 2.45) is 5.92 Å². The molecule has 1 atom stereocenters. The van der Waals surface area contributed by atoms with Crippen LogP contribution >= 0.6 is 0 Å². The number of amides is 3. The summed E-state index contributed by atoms with van der Waals surface area (Å²) < 4.78 is 0. The maximum atomic E-state index is 12.0. The van der Waals surface area contributed by atoms with Crippen LogP contribution in [0.25, 0.3) is 0 Å². The van der Waals surface area contributed by atoms with Gasteiger partial charge in [0, 0.05) is 20.3 Å². The van der Waals surface area contributed by atoms with Crippen molar-refractivity contribution >= 4 is 11.9 Å². The average molecular weight is 306 g/mol. The Balaban J connectivity index is 1.95. The quantitative estimate of drug-likeness (QED) is 0.728. The van der Waals surface area contributed by atoms with Crippen molar-refractivity contribution in [2.75, 3.05) is 20.6 Å². The lowest BCUT2D eigenvalue weighted by Crippen LogP contribution is -2.46. The molecular weight excluding hydrogens is 284 g/mol. The largest absolute Gasteiger partial charge is 0.393 e. The normalized spacial score (nSPS) is 21.4. The summed E-state index contributed by atoms with van der Waals surface area (Å²) in [4.78, 5) is 29.1. The van der Waals surface area contributed by atoms with Crippen molar-refractivity contribution in [3.8, 4) is 0 Å². The summed E-state index contributed by atoms with van der Waals surface area (Å²) >= 11 is 0.